The molecule has 0 aliphatic heterocycles. The first-order valence-electron chi connectivity index (χ1n) is 8.70. The van der Waals surface area contributed by atoms with Crippen LogP contribution in [0.5, 0.6) is 11.6 Å². The summed E-state index contributed by atoms with van der Waals surface area (Å²) in [5.41, 5.74) is 2.51. The van der Waals surface area contributed by atoms with Crippen LogP contribution >= 0.6 is 0 Å². The van der Waals surface area contributed by atoms with Gasteiger partial charge in [-0.1, -0.05) is 32.9 Å². The first-order chi connectivity index (χ1) is 12.8. The van der Waals surface area contributed by atoms with Crippen molar-refractivity contribution in [2.45, 2.75) is 32.8 Å². The molecule has 0 atom stereocenters. The Labute approximate surface area is 158 Å². The topological polar surface area (TPSA) is 66.2 Å². The van der Waals surface area contributed by atoms with Gasteiger partial charge in [0.25, 0.3) is 0 Å². The number of esters is 1. The highest BCUT2D eigenvalue weighted by Crippen LogP contribution is 2.26. The molecule has 27 heavy (non-hydrogen) atoms. The van der Waals surface area contributed by atoms with Crippen LogP contribution in [-0.2, 0) is 23.8 Å². The fourth-order valence-electron chi connectivity index (χ4n) is 2.45. The number of hydrogen-bond donors (Lipinski definition) is 0. The Bertz CT molecular complexity index is 907. The summed E-state index contributed by atoms with van der Waals surface area (Å²) in [5, 5.41) is 0. The number of carbonyl (C=O) groups is 1. The Morgan fingerprint density at radius 1 is 1.07 bits per heavy atom. The SMILES string of the molecule is Cn1cncc1COC(=O)c1ccc(Oc2ccc(C(C)(C)C)cc2)nc1. The van der Waals surface area contributed by atoms with Crippen LogP contribution in [0.25, 0.3) is 0 Å². The van der Waals surface area contributed by atoms with Crippen molar-refractivity contribution in [3.8, 4) is 11.6 Å². The molecule has 0 saturated heterocycles. The van der Waals surface area contributed by atoms with Gasteiger partial charge in [-0.25, -0.2) is 14.8 Å². The monoisotopic (exact) mass is 365 g/mol. The van der Waals surface area contributed by atoms with Crippen molar-refractivity contribution in [2.75, 3.05) is 0 Å². The maximum atomic E-state index is 12.1. The average Bonchev–Trinajstić information content (AvgIpc) is 3.05. The van der Waals surface area contributed by atoms with Gasteiger partial charge < -0.3 is 14.0 Å². The molecule has 0 aliphatic carbocycles. The first kappa shape index (κ1) is 18.6. The molecule has 3 rings (SSSR count). The Morgan fingerprint density at radius 2 is 1.81 bits per heavy atom. The van der Waals surface area contributed by atoms with E-state index in [0.717, 1.165) is 5.69 Å². The van der Waals surface area contributed by atoms with Crippen LogP contribution in [0.1, 0.15) is 42.4 Å². The maximum absolute atomic E-state index is 12.1. The summed E-state index contributed by atoms with van der Waals surface area (Å²) in [6.45, 7) is 6.65. The summed E-state index contributed by atoms with van der Waals surface area (Å²) in [4.78, 5) is 20.3. The lowest BCUT2D eigenvalue weighted by molar-refractivity contribution is 0.0464. The van der Waals surface area contributed by atoms with Gasteiger partial charge in [-0.15, -0.1) is 0 Å². The molecule has 2 heterocycles. The summed E-state index contributed by atoms with van der Waals surface area (Å²) < 4.78 is 12.8. The number of aromatic nitrogens is 3. The van der Waals surface area contributed by atoms with E-state index in [0.29, 0.717) is 17.2 Å². The van der Waals surface area contributed by atoms with E-state index in [4.69, 9.17) is 9.47 Å². The second-order valence-corrected chi connectivity index (χ2v) is 7.33. The largest absolute Gasteiger partial charge is 0.456 e. The highest BCUT2D eigenvalue weighted by Gasteiger charge is 2.13. The zero-order valence-corrected chi connectivity index (χ0v) is 16.0. The first-order valence-corrected chi connectivity index (χ1v) is 8.70. The number of aryl methyl sites for hydroxylation is 1. The lowest BCUT2D eigenvalue weighted by Gasteiger charge is -2.19. The number of benzene rings is 1. The van der Waals surface area contributed by atoms with Crippen LogP contribution < -0.4 is 4.74 Å². The van der Waals surface area contributed by atoms with Gasteiger partial charge >= 0.3 is 5.97 Å². The quantitative estimate of drug-likeness (QED) is 0.632. The summed E-state index contributed by atoms with van der Waals surface area (Å²) in [5.74, 6) is 0.675. The Hall–Kier alpha value is -3.15. The molecule has 6 nitrogen and oxygen atoms in total. The minimum Gasteiger partial charge on any atom is -0.456 e. The minimum atomic E-state index is -0.440. The fraction of sp³-hybridized carbons (Fsp3) is 0.286. The van der Waals surface area contributed by atoms with Gasteiger partial charge in [0.05, 0.1) is 23.8 Å². The third-order valence-corrected chi connectivity index (χ3v) is 4.18. The number of pyridine rings is 1. The normalized spacial score (nSPS) is 11.3. The average molecular weight is 365 g/mol. The highest BCUT2D eigenvalue weighted by atomic mass is 16.5. The van der Waals surface area contributed by atoms with E-state index < -0.39 is 5.97 Å². The minimum absolute atomic E-state index is 0.0915. The molecule has 2 aromatic heterocycles. The van der Waals surface area contributed by atoms with Crippen LogP contribution in [0, 0.1) is 0 Å². The van der Waals surface area contributed by atoms with Crippen LogP contribution in [0.3, 0.4) is 0 Å². The predicted octanol–water partition coefficient (Wildman–Crippen LogP) is 4.26. The second kappa shape index (κ2) is 7.61. The lowest BCUT2D eigenvalue weighted by Crippen LogP contribution is -2.10. The van der Waals surface area contributed by atoms with Crippen molar-refractivity contribution in [3.05, 3.63) is 71.9 Å². The van der Waals surface area contributed by atoms with Crippen LogP contribution in [0.15, 0.2) is 55.1 Å². The zero-order chi connectivity index (χ0) is 19.4. The van der Waals surface area contributed by atoms with Gasteiger partial charge in [0.1, 0.15) is 12.4 Å². The van der Waals surface area contributed by atoms with Crippen molar-refractivity contribution >= 4 is 5.97 Å². The van der Waals surface area contributed by atoms with Gasteiger partial charge in [-0.3, -0.25) is 0 Å². The fourth-order valence-corrected chi connectivity index (χ4v) is 2.45. The molecule has 0 radical (unpaired) electrons. The van der Waals surface area contributed by atoms with Crippen molar-refractivity contribution in [3.63, 3.8) is 0 Å². The van der Waals surface area contributed by atoms with Crippen LogP contribution in [-0.4, -0.2) is 20.5 Å². The molecule has 3 aromatic rings. The molecule has 0 unspecified atom stereocenters. The van der Waals surface area contributed by atoms with Gasteiger partial charge in [-0.2, -0.15) is 0 Å². The van der Waals surface area contributed by atoms with E-state index >= 15 is 0 Å². The third kappa shape index (κ3) is 4.73. The van der Waals surface area contributed by atoms with Crippen LogP contribution in [0.2, 0.25) is 0 Å². The lowest BCUT2D eigenvalue weighted by atomic mass is 9.87. The number of nitrogens with zero attached hydrogens (tertiary/aromatic N) is 3. The Kier molecular flexibility index (Phi) is 5.26. The third-order valence-electron chi connectivity index (χ3n) is 4.18. The molecule has 0 bridgehead atoms. The number of rotatable bonds is 5. The maximum Gasteiger partial charge on any atom is 0.340 e. The summed E-state index contributed by atoms with van der Waals surface area (Å²) >= 11 is 0. The number of hydrogen-bond acceptors (Lipinski definition) is 5. The molecule has 0 fully saturated rings. The molecule has 0 amide bonds. The molecule has 6 heteroatoms. The van der Waals surface area contributed by atoms with Crippen molar-refractivity contribution in [2.24, 2.45) is 7.05 Å². The molecular weight excluding hydrogens is 342 g/mol. The van der Waals surface area contributed by atoms with E-state index in [1.807, 2.05) is 31.3 Å². The molecule has 0 spiro atoms. The smallest absolute Gasteiger partial charge is 0.340 e. The zero-order valence-electron chi connectivity index (χ0n) is 16.0. The van der Waals surface area contributed by atoms with Crippen molar-refractivity contribution in [1.29, 1.82) is 0 Å². The van der Waals surface area contributed by atoms with E-state index in [9.17, 15) is 4.79 Å². The van der Waals surface area contributed by atoms with E-state index in [1.54, 1.807) is 29.2 Å². The van der Waals surface area contributed by atoms with Gasteiger partial charge in [0, 0.05) is 19.3 Å². The Morgan fingerprint density at radius 3 is 2.37 bits per heavy atom. The number of carbonyl (C=O) groups excluding carboxylic acids is 1. The molecule has 0 N–H and O–H groups in total. The van der Waals surface area contributed by atoms with Gasteiger partial charge in [-0.05, 0) is 29.2 Å². The van der Waals surface area contributed by atoms with E-state index in [2.05, 4.69) is 30.7 Å². The Balaban J connectivity index is 1.59. The van der Waals surface area contributed by atoms with Crippen molar-refractivity contribution < 1.29 is 14.3 Å². The van der Waals surface area contributed by atoms with Gasteiger partial charge in [0.2, 0.25) is 5.88 Å². The molecule has 0 aliphatic rings. The molecular formula is C21H23N3O3. The van der Waals surface area contributed by atoms with E-state index in [-0.39, 0.29) is 12.0 Å². The van der Waals surface area contributed by atoms with E-state index in [1.165, 1.54) is 11.8 Å². The summed E-state index contributed by atoms with van der Waals surface area (Å²) in [6.07, 6.45) is 4.77. The summed E-state index contributed by atoms with van der Waals surface area (Å²) in [6, 6.07) is 11.2. The van der Waals surface area contributed by atoms with Gasteiger partial charge in [0.15, 0.2) is 0 Å². The number of imidazole rings is 1. The van der Waals surface area contributed by atoms with Crippen molar-refractivity contribution in [1.82, 2.24) is 14.5 Å². The number of ether oxygens (including phenoxy) is 2. The molecule has 1 aromatic carbocycles. The highest BCUT2D eigenvalue weighted by molar-refractivity contribution is 5.89. The molecule has 0 saturated carbocycles. The predicted molar refractivity (Wildman–Crippen MR) is 102 cm³/mol. The summed E-state index contributed by atoms with van der Waals surface area (Å²) in [7, 11) is 1.85. The standard InChI is InChI=1S/C21H23N3O3/c1-21(2,3)16-6-8-18(9-7-16)27-19-10-5-15(11-23-19)20(25)26-13-17-12-22-14-24(17)4/h5-12,14H,13H2,1-4H3. The van der Waals surface area contributed by atoms with Crippen LogP contribution in [0.4, 0.5) is 0 Å². The second-order valence-electron chi connectivity index (χ2n) is 7.33. The molecule has 140 valence electrons.